The van der Waals surface area contributed by atoms with Gasteiger partial charge in [-0.2, -0.15) is 0 Å². The Morgan fingerprint density at radius 1 is 1.29 bits per heavy atom. The predicted molar refractivity (Wildman–Crippen MR) is 45.6 cm³/mol. The van der Waals surface area contributed by atoms with Crippen molar-refractivity contribution in [3.05, 3.63) is 35.4 Å². The molecule has 2 amide bonds. The topological polar surface area (TPSA) is 41.1 Å². The number of urea groups is 1. The first kappa shape index (κ1) is 8.93. The normalized spacial score (nSPS) is 20.4. The summed E-state index contributed by atoms with van der Waals surface area (Å²) in [5.41, 5.74) is 0.558. The lowest BCUT2D eigenvalue weighted by molar-refractivity contribution is 0.247. The third-order valence-corrected chi connectivity index (χ3v) is 2.12. The molecule has 1 atom stereocenters. The molecule has 0 bridgehead atoms. The number of hydrogen-bond acceptors (Lipinski definition) is 1. The van der Waals surface area contributed by atoms with Crippen molar-refractivity contribution >= 4 is 6.03 Å². The van der Waals surface area contributed by atoms with Crippen molar-refractivity contribution in [2.75, 3.05) is 6.54 Å². The first-order chi connectivity index (χ1) is 6.66. The van der Waals surface area contributed by atoms with E-state index in [9.17, 15) is 13.6 Å². The van der Waals surface area contributed by atoms with E-state index >= 15 is 0 Å². The summed E-state index contributed by atoms with van der Waals surface area (Å²) in [5, 5.41) is 5.11. The molecule has 0 aliphatic carbocycles. The molecule has 1 aliphatic rings. The van der Waals surface area contributed by atoms with Gasteiger partial charge in [-0.05, 0) is 17.7 Å². The zero-order chi connectivity index (χ0) is 10.1. The summed E-state index contributed by atoms with van der Waals surface area (Å²) < 4.78 is 25.4. The van der Waals surface area contributed by atoms with Crippen LogP contribution in [0.15, 0.2) is 18.2 Å². The second-order valence-electron chi connectivity index (χ2n) is 3.08. The van der Waals surface area contributed by atoms with E-state index in [1.807, 2.05) is 0 Å². The summed E-state index contributed by atoms with van der Waals surface area (Å²) in [6.07, 6.45) is 0. The van der Waals surface area contributed by atoms with Gasteiger partial charge < -0.3 is 10.6 Å². The van der Waals surface area contributed by atoms with E-state index in [4.69, 9.17) is 0 Å². The fourth-order valence-corrected chi connectivity index (χ4v) is 1.39. The largest absolute Gasteiger partial charge is 0.336 e. The Hall–Kier alpha value is -1.65. The first-order valence-corrected chi connectivity index (χ1v) is 4.16. The highest BCUT2D eigenvalue weighted by Crippen LogP contribution is 2.17. The molecule has 1 saturated heterocycles. The summed E-state index contributed by atoms with van der Waals surface area (Å²) in [6.45, 7) is 0.393. The summed E-state index contributed by atoms with van der Waals surface area (Å²) in [5.74, 6) is -1.78. The molecule has 1 aliphatic heterocycles. The summed E-state index contributed by atoms with van der Waals surface area (Å²) >= 11 is 0. The van der Waals surface area contributed by atoms with Crippen LogP contribution in [0.1, 0.15) is 11.6 Å². The number of halogens is 2. The maximum atomic E-state index is 12.8. The second-order valence-corrected chi connectivity index (χ2v) is 3.08. The molecule has 0 aromatic heterocycles. The van der Waals surface area contributed by atoms with E-state index < -0.39 is 11.6 Å². The Balaban J connectivity index is 2.24. The smallest absolute Gasteiger partial charge is 0.315 e. The Labute approximate surface area is 79.1 Å². The molecule has 5 heteroatoms. The molecule has 74 valence electrons. The van der Waals surface area contributed by atoms with Crippen molar-refractivity contribution in [2.45, 2.75) is 6.04 Å². The van der Waals surface area contributed by atoms with Gasteiger partial charge in [0.15, 0.2) is 11.6 Å². The summed E-state index contributed by atoms with van der Waals surface area (Å²) in [4.78, 5) is 10.8. The standard InChI is InChI=1S/C9H8F2N2O/c10-6-2-1-5(3-7(6)11)8-4-12-9(14)13-8/h1-3,8H,4H2,(H2,12,13,14)/t8-/m0/s1. The Morgan fingerprint density at radius 2 is 2.07 bits per heavy atom. The Bertz CT molecular complexity index is 381. The minimum Gasteiger partial charge on any atom is -0.336 e. The SMILES string of the molecule is O=C1NC[C@@H](c2ccc(F)c(F)c2)N1. The maximum absolute atomic E-state index is 12.8. The molecule has 0 spiro atoms. The molecule has 14 heavy (non-hydrogen) atoms. The third kappa shape index (κ3) is 1.53. The second kappa shape index (κ2) is 3.25. The van der Waals surface area contributed by atoms with E-state index in [0.29, 0.717) is 12.1 Å². The van der Waals surface area contributed by atoms with Crippen molar-refractivity contribution in [3.8, 4) is 0 Å². The van der Waals surface area contributed by atoms with Crippen LogP contribution in [0.4, 0.5) is 13.6 Å². The molecule has 1 heterocycles. The molecule has 1 aromatic carbocycles. The van der Waals surface area contributed by atoms with Gasteiger partial charge in [0.25, 0.3) is 0 Å². The minimum absolute atomic E-state index is 0.280. The van der Waals surface area contributed by atoms with Crippen LogP contribution in [0.3, 0.4) is 0 Å². The number of carbonyl (C=O) groups excluding carboxylic acids is 1. The fourth-order valence-electron chi connectivity index (χ4n) is 1.39. The van der Waals surface area contributed by atoms with E-state index in [1.54, 1.807) is 0 Å². The van der Waals surface area contributed by atoms with Crippen LogP contribution in [0, 0.1) is 11.6 Å². The van der Waals surface area contributed by atoms with Gasteiger partial charge in [0, 0.05) is 6.54 Å². The van der Waals surface area contributed by atoms with Gasteiger partial charge in [-0.3, -0.25) is 0 Å². The number of rotatable bonds is 1. The zero-order valence-electron chi connectivity index (χ0n) is 7.18. The maximum Gasteiger partial charge on any atom is 0.315 e. The first-order valence-electron chi connectivity index (χ1n) is 4.16. The number of hydrogen-bond donors (Lipinski definition) is 2. The van der Waals surface area contributed by atoms with Gasteiger partial charge in [-0.15, -0.1) is 0 Å². The number of nitrogens with one attached hydrogen (secondary N) is 2. The van der Waals surface area contributed by atoms with Crippen LogP contribution in [-0.4, -0.2) is 12.6 Å². The number of benzene rings is 1. The van der Waals surface area contributed by atoms with Gasteiger partial charge >= 0.3 is 6.03 Å². The Kier molecular flexibility index (Phi) is 2.07. The highest BCUT2D eigenvalue weighted by molar-refractivity contribution is 5.76. The summed E-state index contributed by atoms with van der Waals surface area (Å²) in [7, 11) is 0. The third-order valence-electron chi connectivity index (χ3n) is 2.12. The van der Waals surface area contributed by atoms with Crippen molar-refractivity contribution in [3.63, 3.8) is 0 Å². The molecular formula is C9H8F2N2O. The molecule has 1 aromatic rings. The van der Waals surface area contributed by atoms with E-state index in [2.05, 4.69) is 10.6 Å². The number of carbonyl (C=O) groups is 1. The lowest BCUT2D eigenvalue weighted by atomic mass is 10.1. The van der Waals surface area contributed by atoms with E-state index in [-0.39, 0.29) is 12.1 Å². The number of amides is 2. The van der Waals surface area contributed by atoms with E-state index in [0.717, 1.165) is 12.1 Å². The van der Waals surface area contributed by atoms with Gasteiger partial charge in [0.2, 0.25) is 0 Å². The van der Waals surface area contributed by atoms with Gasteiger partial charge in [-0.25, -0.2) is 13.6 Å². The molecule has 0 saturated carbocycles. The molecule has 1 fully saturated rings. The monoisotopic (exact) mass is 198 g/mol. The van der Waals surface area contributed by atoms with Crippen molar-refractivity contribution in [2.24, 2.45) is 0 Å². The van der Waals surface area contributed by atoms with Gasteiger partial charge in [0.05, 0.1) is 6.04 Å². The highest BCUT2D eigenvalue weighted by Gasteiger charge is 2.22. The minimum atomic E-state index is -0.899. The lowest BCUT2D eigenvalue weighted by Crippen LogP contribution is -2.21. The fraction of sp³-hybridized carbons (Fsp3) is 0.222. The van der Waals surface area contributed by atoms with Crippen LogP contribution in [-0.2, 0) is 0 Å². The van der Waals surface area contributed by atoms with Crippen LogP contribution in [0.25, 0.3) is 0 Å². The van der Waals surface area contributed by atoms with E-state index in [1.165, 1.54) is 6.07 Å². The average Bonchev–Trinajstić information content (AvgIpc) is 2.57. The van der Waals surface area contributed by atoms with Gasteiger partial charge in [-0.1, -0.05) is 6.07 Å². The van der Waals surface area contributed by atoms with Crippen LogP contribution < -0.4 is 10.6 Å². The predicted octanol–water partition coefficient (Wildman–Crippen LogP) is 1.32. The zero-order valence-corrected chi connectivity index (χ0v) is 7.18. The van der Waals surface area contributed by atoms with Crippen LogP contribution in [0.2, 0.25) is 0 Å². The summed E-state index contributed by atoms with van der Waals surface area (Å²) in [6, 6.07) is 3.02. The van der Waals surface area contributed by atoms with Gasteiger partial charge in [0.1, 0.15) is 0 Å². The molecular weight excluding hydrogens is 190 g/mol. The Morgan fingerprint density at radius 3 is 2.64 bits per heavy atom. The van der Waals surface area contributed by atoms with Crippen molar-refractivity contribution in [1.82, 2.24) is 10.6 Å². The quantitative estimate of drug-likeness (QED) is 0.702. The van der Waals surface area contributed by atoms with Crippen molar-refractivity contribution < 1.29 is 13.6 Å². The van der Waals surface area contributed by atoms with Crippen molar-refractivity contribution in [1.29, 1.82) is 0 Å². The molecule has 2 N–H and O–H groups in total. The lowest BCUT2D eigenvalue weighted by Gasteiger charge is -2.08. The van der Waals surface area contributed by atoms with Crippen LogP contribution in [0.5, 0.6) is 0 Å². The van der Waals surface area contributed by atoms with Crippen LogP contribution >= 0.6 is 0 Å². The molecule has 2 rings (SSSR count). The molecule has 0 unspecified atom stereocenters. The molecule has 3 nitrogen and oxygen atoms in total. The highest BCUT2D eigenvalue weighted by atomic mass is 19.2. The average molecular weight is 198 g/mol. The molecule has 0 radical (unpaired) electrons.